The van der Waals surface area contributed by atoms with Crippen LogP contribution in [0.4, 0.5) is 0 Å². The first-order valence-corrected chi connectivity index (χ1v) is 5.08. The van der Waals surface area contributed by atoms with Crippen molar-refractivity contribution >= 4 is 18.6 Å². The summed E-state index contributed by atoms with van der Waals surface area (Å²) in [4.78, 5) is 10.6. The zero-order valence-corrected chi connectivity index (χ0v) is 9.16. The minimum atomic E-state index is -1.22. The molecule has 0 aliphatic carbocycles. The highest BCUT2D eigenvalue weighted by atomic mass is 32.1. The van der Waals surface area contributed by atoms with E-state index in [1.807, 2.05) is 0 Å². The molecule has 5 heteroatoms. The van der Waals surface area contributed by atoms with Crippen molar-refractivity contribution < 1.29 is 20.1 Å². The average Bonchev–Trinajstić information content (AvgIpc) is 2.21. The van der Waals surface area contributed by atoms with Crippen LogP contribution in [0, 0.1) is 11.8 Å². The minimum absolute atomic E-state index is 0.0341. The molecule has 16 heavy (non-hydrogen) atoms. The average molecular weight is 238 g/mol. The molecule has 0 fully saturated rings. The lowest BCUT2D eigenvalue weighted by Crippen LogP contribution is -1.96. The molecule has 0 aliphatic heterocycles. The molecule has 1 rings (SSSR count). The number of phenolic OH excluding ortho intramolecular Hbond substituents is 2. The van der Waals surface area contributed by atoms with Crippen LogP contribution in [-0.2, 0) is 0 Å². The van der Waals surface area contributed by atoms with Crippen LogP contribution in [0.1, 0.15) is 22.3 Å². The van der Waals surface area contributed by atoms with Crippen molar-refractivity contribution in [2.24, 2.45) is 0 Å². The Balaban J connectivity index is 3.14. The predicted octanol–water partition coefficient (Wildman–Crippen LogP) is 1.47. The number of carboxylic acids is 1. The van der Waals surface area contributed by atoms with Gasteiger partial charge in [0, 0.05) is 12.2 Å². The summed E-state index contributed by atoms with van der Waals surface area (Å²) >= 11 is 3.96. The topological polar surface area (TPSA) is 77.8 Å². The molecule has 0 aromatic heterocycles. The Bertz CT molecular complexity index is 448. The lowest BCUT2D eigenvalue weighted by atomic mass is 10.1. The zero-order chi connectivity index (χ0) is 12.1. The van der Waals surface area contributed by atoms with E-state index in [2.05, 4.69) is 24.5 Å². The molecule has 0 spiro atoms. The summed E-state index contributed by atoms with van der Waals surface area (Å²) in [6, 6.07) is 2.10. The van der Waals surface area contributed by atoms with Crippen LogP contribution >= 0.6 is 12.6 Å². The van der Waals surface area contributed by atoms with Gasteiger partial charge in [0.05, 0.1) is 5.56 Å². The van der Waals surface area contributed by atoms with E-state index in [0.29, 0.717) is 12.2 Å². The normalized spacial score (nSPS) is 9.31. The molecule has 0 unspecified atom stereocenters. The molecule has 0 aliphatic rings. The Morgan fingerprint density at radius 2 is 1.88 bits per heavy atom. The first-order chi connectivity index (χ1) is 7.56. The summed E-state index contributed by atoms with van der Waals surface area (Å²) in [5.41, 5.74) is -0.151. The van der Waals surface area contributed by atoms with E-state index >= 15 is 0 Å². The van der Waals surface area contributed by atoms with Gasteiger partial charge in [0.25, 0.3) is 0 Å². The standard InChI is InChI=1S/C11H10O4S/c12-9-5-7(11(14)15)6-10(13)8(9)3-1-2-4-16/h5-6,12-13,16H,2,4H2,(H,14,15). The van der Waals surface area contributed by atoms with Crippen molar-refractivity contribution in [1.29, 1.82) is 0 Å². The lowest BCUT2D eigenvalue weighted by molar-refractivity contribution is 0.0696. The Morgan fingerprint density at radius 1 is 1.31 bits per heavy atom. The molecule has 1 aromatic rings. The van der Waals surface area contributed by atoms with Gasteiger partial charge in [-0.1, -0.05) is 11.8 Å². The van der Waals surface area contributed by atoms with Gasteiger partial charge in [-0.25, -0.2) is 4.79 Å². The van der Waals surface area contributed by atoms with Gasteiger partial charge in [-0.15, -0.1) is 0 Å². The molecule has 0 bridgehead atoms. The second-order valence-corrected chi connectivity index (χ2v) is 3.42. The third-order valence-corrected chi connectivity index (χ3v) is 2.02. The number of benzene rings is 1. The Kier molecular flexibility index (Phi) is 4.09. The van der Waals surface area contributed by atoms with E-state index in [-0.39, 0.29) is 22.6 Å². The van der Waals surface area contributed by atoms with E-state index in [9.17, 15) is 15.0 Å². The minimum Gasteiger partial charge on any atom is -0.506 e. The van der Waals surface area contributed by atoms with E-state index < -0.39 is 5.97 Å². The van der Waals surface area contributed by atoms with Crippen molar-refractivity contribution in [2.75, 3.05) is 5.75 Å². The van der Waals surface area contributed by atoms with Crippen molar-refractivity contribution in [2.45, 2.75) is 6.42 Å². The fourth-order valence-corrected chi connectivity index (χ4v) is 1.18. The van der Waals surface area contributed by atoms with Crippen molar-refractivity contribution in [3.63, 3.8) is 0 Å². The molecule has 0 saturated carbocycles. The van der Waals surface area contributed by atoms with Crippen molar-refractivity contribution in [1.82, 2.24) is 0 Å². The molecular weight excluding hydrogens is 228 g/mol. The molecule has 0 heterocycles. The SMILES string of the molecule is O=C(O)c1cc(O)c(C#CCCS)c(O)c1. The van der Waals surface area contributed by atoms with Gasteiger partial charge >= 0.3 is 5.97 Å². The number of carbonyl (C=O) groups is 1. The Labute approximate surface area is 98.0 Å². The van der Waals surface area contributed by atoms with Gasteiger partial charge in [0.1, 0.15) is 17.1 Å². The molecule has 84 valence electrons. The second kappa shape index (κ2) is 5.33. The van der Waals surface area contributed by atoms with Gasteiger partial charge in [0.15, 0.2) is 0 Å². The Hall–Kier alpha value is -1.80. The highest BCUT2D eigenvalue weighted by molar-refractivity contribution is 7.80. The third-order valence-electron chi connectivity index (χ3n) is 1.79. The molecule has 0 atom stereocenters. The summed E-state index contributed by atoms with van der Waals surface area (Å²) in [6.45, 7) is 0. The van der Waals surface area contributed by atoms with Gasteiger partial charge in [-0.3, -0.25) is 0 Å². The molecular formula is C11H10O4S. The molecule has 0 amide bonds. The van der Waals surface area contributed by atoms with E-state index in [4.69, 9.17) is 5.11 Å². The van der Waals surface area contributed by atoms with Gasteiger partial charge < -0.3 is 15.3 Å². The maximum atomic E-state index is 10.6. The van der Waals surface area contributed by atoms with E-state index in [0.717, 1.165) is 12.1 Å². The number of aromatic carboxylic acids is 1. The van der Waals surface area contributed by atoms with Crippen LogP contribution in [0.15, 0.2) is 12.1 Å². The van der Waals surface area contributed by atoms with E-state index in [1.165, 1.54) is 0 Å². The van der Waals surface area contributed by atoms with Gasteiger partial charge in [-0.2, -0.15) is 12.6 Å². The number of phenols is 2. The summed E-state index contributed by atoms with van der Waals surface area (Å²) < 4.78 is 0. The summed E-state index contributed by atoms with van der Waals surface area (Å²) in [5.74, 6) is 3.91. The van der Waals surface area contributed by atoms with Crippen LogP contribution < -0.4 is 0 Å². The molecule has 3 N–H and O–H groups in total. The number of hydrogen-bond acceptors (Lipinski definition) is 4. The van der Waals surface area contributed by atoms with Gasteiger partial charge in [0.2, 0.25) is 0 Å². The highest BCUT2D eigenvalue weighted by Gasteiger charge is 2.11. The van der Waals surface area contributed by atoms with Crippen molar-refractivity contribution in [3.05, 3.63) is 23.3 Å². The number of thiol groups is 1. The fourth-order valence-electron chi connectivity index (χ4n) is 1.07. The Morgan fingerprint density at radius 3 is 2.31 bits per heavy atom. The molecule has 4 nitrogen and oxygen atoms in total. The monoisotopic (exact) mass is 238 g/mol. The number of rotatable bonds is 2. The van der Waals surface area contributed by atoms with Crippen LogP contribution in [0.25, 0.3) is 0 Å². The second-order valence-electron chi connectivity index (χ2n) is 2.97. The predicted molar refractivity (Wildman–Crippen MR) is 62.1 cm³/mol. The highest BCUT2D eigenvalue weighted by Crippen LogP contribution is 2.27. The summed E-state index contributed by atoms with van der Waals surface area (Å²) in [7, 11) is 0. The third kappa shape index (κ3) is 2.84. The largest absolute Gasteiger partial charge is 0.506 e. The van der Waals surface area contributed by atoms with Gasteiger partial charge in [-0.05, 0) is 12.1 Å². The maximum Gasteiger partial charge on any atom is 0.335 e. The zero-order valence-electron chi connectivity index (χ0n) is 8.27. The maximum absolute atomic E-state index is 10.6. The number of hydrogen-bond donors (Lipinski definition) is 4. The number of carboxylic acid groups (broad SMARTS) is 1. The van der Waals surface area contributed by atoms with E-state index in [1.54, 1.807) is 0 Å². The fraction of sp³-hybridized carbons (Fsp3) is 0.182. The molecule has 0 radical (unpaired) electrons. The molecule has 1 aromatic carbocycles. The van der Waals surface area contributed by atoms with Crippen molar-refractivity contribution in [3.8, 4) is 23.3 Å². The van der Waals surface area contributed by atoms with Crippen LogP contribution in [-0.4, -0.2) is 27.0 Å². The number of aromatic hydroxyl groups is 2. The summed E-state index contributed by atoms with van der Waals surface area (Å²) in [5, 5.41) is 27.6. The first-order valence-electron chi connectivity index (χ1n) is 4.45. The molecule has 0 saturated heterocycles. The van der Waals surface area contributed by atoms with Crippen LogP contribution in [0.5, 0.6) is 11.5 Å². The quantitative estimate of drug-likeness (QED) is 0.465. The van der Waals surface area contributed by atoms with Crippen LogP contribution in [0.2, 0.25) is 0 Å². The summed E-state index contributed by atoms with van der Waals surface area (Å²) in [6.07, 6.45) is 0.517. The smallest absolute Gasteiger partial charge is 0.335 e. The lowest BCUT2D eigenvalue weighted by Gasteiger charge is -2.02. The van der Waals surface area contributed by atoms with Crippen LogP contribution in [0.3, 0.4) is 0 Å². The first kappa shape index (κ1) is 12.3.